The van der Waals surface area contributed by atoms with Gasteiger partial charge in [-0.1, -0.05) is 11.6 Å². The molecule has 0 bridgehead atoms. The molecule has 90 valence electrons. The van der Waals surface area contributed by atoms with Gasteiger partial charge in [0.05, 0.1) is 16.1 Å². The molecule has 0 fully saturated rings. The van der Waals surface area contributed by atoms with E-state index >= 15 is 0 Å². The summed E-state index contributed by atoms with van der Waals surface area (Å²) in [7, 11) is 0. The normalized spacial score (nSPS) is 11.8. The molecule has 1 aromatic heterocycles. The van der Waals surface area contributed by atoms with E-state index in [0.717, 1.165) is 10.9 Å². The Morgan fingerprint density at radius 1 is 1.35 bits per heavy atom. The summed E-state index contributed by atoms with van der Waals surface area (Å²) in [5.74, 6) is 0.675. The van der Waals surface area contributed by atoms with Crippen LogP contribution in [-0.2, 0) is 0 Å². The maximum absolute atomic E-state index is 9.57. The Morgan fingerprint density at radius 3 is 2.82 bits per heavy atom. The van der Waals surface area contributed by atoms with Crippen molar-refractivity contribution >= 4 is 22.5 Å². The minimum absolute atomic E-state index is 0.235. The summed E-state index contributed by atoms with van der Waals surface area (Å²) in [4.78, 5) is 4.22. The van der Waals surface area contributed by atoms with Crippen LogP contribution in [0.3, 0.4) is 0 Å². The maximum atomic E-state index is 9.57. The minimum atomic E-state index is -0.850. The van der Waals surface area contributed by atoms with E-state index in [4.69, 9.17) is 16.3 Å². The van der Waals surface area contributed by atoms with Crippen LogP contribution in [0.5, 0.6) is 5.75 Å². The van der Waals surface area contributed by atoms with Crippen LogP contribution in [0.15, 0.2) is 30.5 Å². The zero-order chi connectivity index (χ0) is 12.5. The van der Waals surface area contributed by atoms with Crippen molar-refractivity contribution in [3.63, 3.8) is 0 Å². The van der Waals surface area contributed by atoms with Crippen LogP contribution in [-0.4, -0.2) is 22.3 Å². The first-order chi connectivity index (χ1) is 7.96. The van der Waals surface area contributed by atoms with Crippen molar-refractivity contribution < 1.29 is 9.84 Å². The molecular formula is C13H14ClNO2. The fourth-order valence-corrected chi connectivity index (χ4v) is 1.66. The molecular weight excluding hydrogens is 238 g/mol. The standard InChI is InChI=1S/C13H14ClNO2/c1-13(2,16)8-17-9-3-4-10-11(14)5-6-15-12(10)7-9/h3-7,16H,8H2,1-2H3. The fraction of sp³-hybridized carbons (Fsp3) is 0.308. The van der Waals surface area contributed by atoms with Crippen molar-refractivity contribution in [1.29, 1.82) is 0 Å². The van der Waals surface area contributed by atoms with Gasteiger partial charge in [0.1, 0.15) is 12.4 Å². The van der Waals surface area contributed by atoms with Gasteiger partial charge in [0.2, 0.25) is 0 Å². The van der Waals surface area contributed by atoms with Gasteiger partial charge in [-0.2, -0.15) is 0 Å². The number of hydrogen-bond donors (Lipinski definition) is 1. The third-order valence-electron chi connectivity index (χ3n) is 2.25. The Kier molecular flexibility index (Phi) is 3.22. The lowest BCUT2D eigenvalue weighted by atomic mass is 10.1. The topological polar surface area (TPSA) is 42.4 Å². The SMILES string of the molecule is CC(C)(O)COc1ccc2c(Cl)ccnc2c1. The van der Waals surface area contributed by atoms with E-state index < -0.39 is 5.60 Å². The zero-order valence-electron chi connectivity index (χ0n) is 9.77. The number of aliphatic hydroxyl groups is 1. The van der Waals surface area contributed by atoms with Crippen molar-refractivity contribution in [2.75, 3.05) is 6.61 Å². The van der Waals surface area contributed by atoms with Crippen LogP contribution >= 0.6 is 11.6 Å². The number of hydrogen-bond acceptors (Lipinski definition) is 3. The Labute approximate surface area is 105 Å². The van der Waals surface area contributed by atoms with E-state index in [0.29, 0.717) is 10.8 Å². The first-order valence-electron chi connectivity index (χ1n) is 5.35. The minimum Gasteiger partial charge on any atom is -0.491 e. The number of rotatable bonds is 3. The number of pyridine rings is 1. The highest BCUT2D eigenvalue weighted by Crippen LogP contribution is 2.25. The van der Waals surface area contributed by atoms with Crippen molar-refractivity contribution in [3.05, 3.63) is 35.5 Å². The fourth-order valence-electron chi connectivity index (χ4n) is 1.44. The van der Waals surface area contributed by atoms with E-state index in [1.165, 1.54) is 0 Å². The quantitative estimate of drug-likeness (QED) is 0.912. The molecule has 1 aromatic carbocycles. The summed E-state index contributed by atoms with van der Waals surface area (Å²) < 4.78 is 5.49. The smallest absolute Gasteiger partial charge is 0.121 e. The number of fused-ring (bicyclic) bond motifs is 1. The summed E-state index contributed by atoms with van der Waals surface area (Å²) in [5, 5.41) is 11.1. The van der Waals surface area contributed by atoms with Gasteiger partial charge in [0.25, 0.3) is 0 Å². The van der Waals surface area contributed by atoms with Gasteiger partial charge >= 0.3 is 0 Å². The van der Waals surface area contributed by atoms with Crippen LogP contribution in [0, 0.1) is 0 Å². The molecule has 0 unspecified atom stereocenters. The number of nitrogens with zero attached hydrogens (tertiary/aromatic N) is 1. The molecule has 0 spiro atoms. The Hall–Kier alpha value is -1.32. The van der Waals surface area contributed by atoms with Gasteiger partial charge in [-0.05, 0) is 32.0 Å². The third-order valence-corrected chi connectivity index (χ3v) is 2.58. The summed E-state index contributed by atoms with van der Waals surface area (Å²) in [5.41, 5.74) is -0.0674. The van der Waals surface area contributed by atoms with Crippen molar-refractivity contribution in [2.24, 2.45) is 0 Å². The molecule has 0 aliphatic carbocycles. The molecule has 1 heterocycles. The Bertz CT molecular complexity index is 534. The molecule has 0 aliphatic rings. The zero-order valence-corrected chi connectivity index (χ0v) is 10.5. The molecule has 2 rings (SSSR count). The first-order valence-corrected chi connectivity index (χ1v) is 5.73. The predicted molar refractivity (Wildman–Crippen MR) is 68.5 cm³/mol. The summed E-state index contributed by atoms with van der Waals surface area (Å²) in [6.45, 7) is 3.63. The molecule has 17 heavy (non-hydrogen) atoms. The van der Waals surface area contributed by atoms with Crippen LogP contribution in [0.2, 0.25) is 5.02 Å². The number of ether oxygens (including phenoxy) is 1. The number of halogens is 1. The molecule has 0 amide bonds. The molecule has 1 N–H and O–H groups in total. The molecule has 0 atom stereocenters. The van der Waals surface area contributed by atoms with Crippen LogP contribution < -0.4 is 4.74 Å². The van der Waals surface area contributed by atoms with Crippen LogP contribution in [0.1, 0.15) is 13.8 Å². The molecule has 2 aromatic rings. The van der Waals surface area contributed by atoms with Gasteiger partial charge < -0.3 is 9.84 Å². The predicted octanol–water partition coefficient (Wildman–Crippen LogP) is 3.04. The van der Waals surface area contributed by atoms with Gasteiger partial charge in [0, 0.05) is 17.6 Å². The molecule has 0 radical (unpaired) electrons. The molecule has 3 nitrogen and oxygen atoms in total. The van der Waals surface area contributed by atoms with E-state index in [-0.39, 0.29) is 6.61 Å². The van der Waals surface area contributed by atoms with Crippen LogP contribution in [0.4, 0.5) is 0 Å². The number of aromatic nitrogens is 1. The first kappa shape index (κ1) is 12.1. The molecule has 4 heteroatoms. The van der Waals surface area contributed by atoms with Crippen molar-refractivity contribution in [2.45, 2.75) is 19.4 Å². The molecule has 0 aliphatic heterocycles. The van der Waals surface area contributed by atoms with Gasteiger partial charge in [-0.25, -0.2) is 0 Å². The lowest BCUT2D eigenvalue weighted by Crippen LogP contribution is -2.27. The van der Waals surface area contributed by atoms with E-state index in [2.05, 4.69) is 4.98 Å². The average Bonchev–Trinajstić information content (AvgIpc) is 2.26. The second-order valence-electron chi connectivity index (χ2n) is 4.57. The van der Waals surface area contributed by atoms with Crippen molar-refractivity contribution in [1.82, 2.24) is 4.98 Å². The summed E-state index contributed by atoms with van der Waals surface area (Å²) in [6.07, 6.45) is 1.66. The van der Waals surface area contributed by atoms with E-state index in [9.17, 15) is 5.11 Å². The molecule has 0 saturated carbocycles. The van der Waals surface area contributed by atoms with E-state index in [1.807, 2.05) is 18.2 Å². The average molecular weight is 252 g/mol. The highest BCUT2D eigenvalue weighted by atomic mass is 35.5. The highest BCUT2D eigenvalue weighted by Gasteiger charge is 2.13. The second-order valence-corrected chi connectivity index (χ2v) is 4.98. The largest absolute Gasteiger partial charge is 0.491 e. The number of benzene rings is 1. The van der Waals surface area contributed by atoms with E-state index in [1.54, 1.807) is 26.1 Å². The Morgan fingerprint density at radius 2 is 2.12 bits per heavy atom. The monoisotopic (exact) mass is 251 g/mol. The maximum Gasteiger partial charge on any atom is 0.121 e. The Balaban J connectivity index is 2.26. The van der Waals surface area contributed by atoms with Gasteiger partial charge in [-0.3, -0.25) is 4.98 Å². The lowest BCUT2D eigenvalue weighted by Gasteiger charge is -2.17. The van der Waals surface area contributed by atoms with Crippen molar-refractivity contribution in [3.8, 4) is 5.75 Å². The lowest BCUT2D eigenvalue weighted by molar-refractivity contribution is 0.0285. The summed E-state index contributed by atoms with van der Waals surface area (Å²) in [6, 6.07) is 7.25. The summed E-state index contributed by atoms with van der Waals surface area (Å²) >= 11 is 6.04. The van der Waals surface area contributed by atoms with Crippen LogP contribution in [0.25, 0.3) is 10.9 Å². The van der Waals surface area contributed by atoms with Gasteiger partial charge in [-0.15, -0.1) is 0 Å². The van der Waals surface area contributed by atoms with Gasteiger partial charge in [0.15, 0.2) is 0 Å². The molecule has 0 saturated heterocycles. The third kappa shape index (κ3) is 3.08. The second kappa shape index (κ2) is 4.51. The highest BCUT2D eigenvalue weighted by molar-refractivity contribution is 6.35.